The largest absolute Gasteiger partial charge is 0.388 e. The van der Waals surface area contributed by atoms with Crippen LogP contribution in [0.4, 0.5) is 0 Å². The first-order chi connectivity index (χ1) is 9.31. The Hall–Kier alpha value is -0.950. The number of likely N-dealkylation sites (tertiary alicyclic amines) is 1. The average molecular weight is 298 g/mol. The fraction of sp³-hybridized carbons (Fsp3) is 0.571. The number of aliphatic hydroxyl groups is 1. The molecule has 0 radical (unpaired) electrons. The molecule has 112 valence electrons. The maximum atomic E-state index is 12.2. The van der Waals surface area contributed by atoms with Crippen molar-refractivity contribution in [2.24, 2.45) is 0 Å². The summed E-state index contributed by atoms with van der Waals surface area (Å²) in [6, 6.07) is 6.68. The predicted octanol–water partition coefficient (Wildman–Crippen LogP) is 0.730. The highest BCUT2D eigenvalue weighted by atomic mass is 32.2. The normalized spacial score (nSPS) is 19.9. The Morgan fingerprint density at radius 2 is 1.80 bits per heavy atom. The number of sulfonamides is 1. The van der Waals surface area contributed by atoms with E-state index in [9.17, 15) is 13.5 Å². The van der Waals surface area contributed by atoms with Gasteiger partial charge in [0.2, 0.25) is 10.0 Å². The van der Waals surface area contributed by atoms with Gasteiger partial charge in [-0.1, -0.05) is 17.7 Å². The highest BCUT2D eigenvalue weighted by Crippen LogP contribution is 2.21. The number of piperidine rings is 1. The zero-order valence-electron chi connectivity index (χ0n) is 12.0. The van der Waals surface area contributed by atoms with Crippen molar-refractivity contribution >= 4 is 10.0 Å². The molecular formula is C14H22N2O3S. The molecule has 0 amide bonds. The predicted molar refractivity (Wildman–Crippen MR) is 78.0 cm³/mol. The first-order valence-corrected chi connectivity index (χ1v) is 8.26. The highest BCUT2D eigenvalue weighted by molar-refractivity contribution is 7.89. The minimum absolute atomic E-state index is 0.0665. The lowest BCUT2D eigenvalue weighted by Gasteiger charge is -2.36. The molecule has 1 aromatic carbocycles. The summed E-state index contributed by atoms with van der Waals surface area (Å²) in [5, 5.41) is 10.4. The lowest BCUT2D eigenvalue weighted by molar-refractivity contribution is -0.0104. The Bertz CT molecular complexity index is 546. The van der Waals surface area contributed by atoms with Crippen LogP contribution in [0.15, 0.2) is 29.2 Å². The zero-order valence-corrected chi connectivity index (χ0v) is 12.8. The Labute approximate surface area is 120 Å². The summed E-state index contributed by atoms with van der Waals surface area (Å²) in [6.45, 7) is 3.54. The minimum atomic E-state index is -3.55. The summed E-state index contributed by atoms with van der Waals surface area (Å²) in [5.41, 5.74) is 0.0717. The number of benzene rings is 1. The van der Waals surface area contributed by atoms with Crippen LogP contribution in [0.5, 0.6) is 0 Å². The molecule has 20 heavy (non-hydrogen) atoms. The Morgan fingerprint density at radius 1 is 1.25 bits per heavy atom. The Balaban J connectivity index is 2.00. The fourth-order valence-electron chi connectivity index (χ4n) is 2.24. The summed E-state index contributed by atoms with van der Waals surface area (Å²) in [6.07, 6.45) is 1.17. The summed E-state index contributed by atoms with van der Waals surface area (Å²) in [5.74, 6) is 0. The number of hydrogen-bond donors (Lipinski definition) is 2. The quantitative estimate of drug-likeness (QED) is 0.860. The molecule has 1 saturated heterocycles. The van der Waals surface area contributed by atoms with E-state index < -0.39 is 15.6 Å². The van der Waals surface area contributed by atoms with Crippen molar-refractivity contribution in [2.45, 2.75) is 30.3 Å². The van der Waals surface area contributed by atoms with Crippen LogP contribution in [0.25, 0.3) is 0 Å². The molecule has 5 nitrogen and oxygen atoms in total. The van der Waals surface area contributed by atoms with Crippen molar-refractivity contribution in [2.75, 3.05) is 26.7 Å². The smallest absolute Gasteiger partial charge is 0.240 e. The van der Waals surface area contributed by atoms with Crippen molar-refractivity contribution in [1.29, 1.82) is 0 Å². The van der Waals surface area contributed by atoms with E-state index >= 15 is 0 Å². The standard InChI is InChI=1S/C14H22N2O3S/c1-12-3-5-13(6-4-12)20(18,19)15-11-14(17)7-9-16(2)10-8-14/h3-6,15,17H,7-11H2,1-2H3. The zero-order chi connectivity index (χ0) is 14.8. The average Bonchev–Trinajstić information content (AvgIpc) is 2.41. The van der Waals surface area contributed by atoms with Crippen LogP contribution >= 0.6 is 0 Å². The summed E-state index contributed by atoms with van der Waals surface area (Å²) in [4.78, 5) is 2.36. The van der Waals surface area contributed by atoms with Gasteiger partial charge < -0.3 is 10.0 Å². The van der Waals surface area contributed by atoms with Gasteiger partial charge in [0.15, 0.2) is 0 Å². The van der Waals surface area contributed by atoms with Crippen LogP contribution < -0.4 is 4.72 Å². The second-order valence-electron chi connectivity index (χ2n) is 5.67. The van der Waals surface area contributed by atoms with Crippen LogP contribution in [0.2, 0.25) is 0 Å². The third-order valence-electron chi connectivity index (χ3n) is 3.84. The maximum Gasteiger partial charge on any atom is 0.240 e. The molecule has 0 atom stereocenters. The minimum Gasteiger partial charge on any atom is -0.388 e. The van der Waals surface area contributed by atoms with E-state index in [0.717, 1.165) is 18.7 Å². The van der Waals surface area contributed by atoms with Crippen molar-refractivity contribution in [3.8, 4) is 0 Å². The van der Waals surface area contributed by atoms with E-state index in [1.165, 1.54) is 0 Å². The van der Waals surface area contributed by atoms with E-state index in [2.05, 4.69) is 9.62 Å². The number of nitrogens with zero attached hydrogens (tertiary/aromatic N) is 1. The highest BCUT2D eigenvalue weighted by Gasteiger charge is 2.32. The summed E-state index contributed by atoms with van der Waals surface area (Å²) in [7, 11) is -1.56. The van der Waals surface area contributed by atoms with E-state index in [0.29, 0.717) is 12.8 Å². The molecule has 2 rings (SSSR count). The molecule has 0 saturated carbocycles. The van der Waals surface area contributed by atoms with Crippen molar-refractivity contribution in [3.05, 3.63) is 29.8 Å². The molecule has 0 unspecified atom stereocenters. The van der Waals surface area contributed by atoms with Crippen LogP contribution in [-0.4, -0.2) is 50.7 Å². The number of hydrogen-bond acceptors (Lipinski definition) is 4. The van der Waals surface area contributed by atoms with Gasteiger partial charge >= 0.3 is 0 Å². The van der Waals surface area contributed by atoms with Crippen molar-refractivity contribution in [3.63, 3.8) is 0 Å². The molecule has 0 aromatic heterocycles. The number of rotatable bonds is 4. The molecule has 0 spiro atoms. The molecule has 1 heterocycles. The van der Waals surface area contributed by atoms with Gasteiger partial charge in [-0.2, -0.15) is 0 Å². The molecule has 1 aliphatic heterocycles. The number of nitrogens with one attached hydrogen (secondary N) is 1. The molecule has 2 N–H and O–H groups in total. The lowest BCUT2D eigenvalue weighted by Crippen LogP contribution is -2.49. The van der Waals surface area contributed by atoms with Gasteiger partial charge in [-0.3, -0.25) is 0 Å². The van der Waals surface area contributed by atoms with Gasteiger partial charge in [0, 0.05) is 19.6 Å². The summed E-state index contributed by atoms with van der Waals surface area (Å²) < 4.78 is 26.8. The molecule has 1 fully saturated rings. The lowest BCUT2D eigenvalue weighted by atomic mass is 9.92. The molecular weight excluding hydrogens is 276 g/mol. The SMILES string of the molecule is Cc1ccc(S(=O)(=O)NCC2(O)CCN(C)CC2)cc1. The second-order valence-corrected chi connectivity index (χ2v) is 7.43. The first-order valence-electron chi connectivity index (χ1n) is 6.78. The first kappa shape index (κ1) is 15.4. The Kier molecular flexibility index (Phi) is 4.49. The van der Waals surface area contributed by atoms with Gasteiger partial charge in [-0.05, 0) is 38.9 Å². The van der Waals surface area contributed by atoms with Crippen LogP contribution in [0.3, 0.4) is 0 Å². The Morgan fingerprint density at radius 3 is 2.35 bits per heavy atom. The van der Waals surface area contributed by atoms with Crippen molar-refractivity contribution in [1.82, 2.24) is 9.62 Å². The van der Waals surface area contributed by atoms with Crippen molar-refractivity contribution < 1.29 is 13.5 Å². The van der Waals surface area contributed by atoms with Crippen LogP contribution in [0.1, 0.15) is 18.4 Å². The maximum absolute atomic E-state index is 12.2. The fourth-order valence-corrected chi connectivity index (χ4v) is 3.36. The molecule has 0 aliphatic carbocycles. The molecule has 6 heteroatoms. The van der Waals surface area contributed by atoms with Gasteiger partial charge in [-0.15, -0.1) is 0 Å². The van der Waals surface area contributed by atoms with E-state index in [1.54, 1.807) is 24.3 Å². The number of aryl methyl sites for hydroxylation is 1. The van der Waals surface area contributed by atoms with E-state index in [1.807, 2.05) is 14.0 Å². The van der Waals surface area contributed by atoms with Crippen LogP contribution in [-0.2, 0) is 10.0 Å². The molecule has 1 aromatic rings. The van der Waals surface area contributed by atoms with Gasteiger partial charge in [0.05, 0.1) is 10.5 Å². The van der Waals surface area contributed by atoms with E-state index in [-0.39, 0.29) is 11.4 Å². The third kappa shape index (κ3) is 3.79. The van der Waals surface area contributed by atoms with Gasteiger partial charge in [0.1, 0.15) is 0 Å². The molecule has 0 bridgehead atoms. The topological polar surface area (TPSA) is 69.6 Å². The van der Waals surface area contributed by atoms with Gasteiger partial charge in [0.25, 0.3) is 0 Å². The van der Waals surface area contributed by atoms with Gasteiger partial charge in [-0.25, -0.2) is 13.1 Å². The van der Waals surface area contributed by atoms with Crippen LogP contribution in [0, 0.1) is 6.92 Å². The third-order valence-corrected chi connectivity index (χ3v) is 5.26. The summed E-state index contributed by atoms with van der Waals surface area (Å²) >= 11 is 0. The van der Waals surface area contributed by atoms with E-state index in [4.69, 9.17) is 0 Å². The second kappa shape index (κ2) is 5.81. The molecule has 1 aliphatic rings. The monoisotopic (exact) mass is 298 g/mol.